The fraction of sp³-hybridized carbons (Fsp3) is 0.500. The van der Waals surface area contributed by atoms with Gasteiger partial charge < -0.3 is 4.74 Å². The summed E-state index contributed by atoms with van der Waals surface area (Å²) < 4.78 is 4.68. The van der Waals surface area contributed by atoms with E-state index < -0.39 is 5.09 Å². The fourth-order valence-corrected chi connectivity index (χ4v) is 0.434. The molecule has 0 heterocycles. The van der Waals surface area contributed by atoms with Gasteiger partial charge in [0, 0.05) is 6.92 Å². The average Bonchev–Trinajstić information content (AvgIpc) is 1.85. The van der Waals surface area contributed by atoms with E-state index in [2.05, 4.69) is 15.3 Å². The Balaban J connectivity index is 4.32. The molecule has 0 aliphatic rings. The largest absolute Gasteiger partial charge is 0.493 e. The second-order valence-electron chi connectivity index (χ2n) is 1.76. The summed E-state index contributed by atoms with van der Waals surface area (Å²) in [6.45, 7) is 3.04. The van der Waals surface area contributed by atoms with Gasteiger partial charge in [-0.1, -0.05) is 5.73 Å². The summed E-state index contributed by atoms with van der Waals surface area (Å²) in [5.41, 5.74) is 2.51. The average molecular weight is 159 g/mol. The first-order valence-electron chi connectivity index (χ1n) is 2.86. The van der Waals surface area contributed by atoms with Gasteiger partial charge >= 0.3 is 0 Å². The molecule has 0 saturated heterocycles. The lowest BCUT2D eigenvalue weighted by Gasteiger charge is -1.94. The Kier molecular flexibility index (Phi) is 3.77. The van der Waals surface area contributed by atoms with Crippen molar-refractivity contribution in [3.63, 3.8) is 0 Å². The van der Waals surface area contributed by atoms with E-state index in [1.54, 1.807) is 6.92 Å². The molecule has 0 aromatic heterocycles. The molecule has 0 aliphatic heterocycles. The summed E-state index contributed by atoms with van der Waals surface area (Å²) >= 11 is 0. The van der Waals surface area contributed by atoms with Gasteiger partial charge in [0.2, 0.25) is 0 Å². The van der Waals surface area contributed by atoms with Crippen LogP contribution in [0.25, 0.3) is 0 Å². The summed E-state index contributed by atoms with van der Waals surface area (Å²) in [6, 6.07) is 0. The highest BCUT2D eigenvalue weighted by Crippen LogP contribution is 1.96. The molecule has 0 aliphatic carbocycles. The molecular formula is C6H9NO4. The maximum atomic E-state index is 9.75. The number of rotatable bonds is 3. The van der Waals surface area contributed by atoms with E-state index in [-0.39, 0.29) is 5.76 Å². The molecule has 5 heteroatoms. The quantitative estimate of drug-likeness (QED) is 0.269. The summed E-state index contributed by atoms with van der Waals surface area (Å²) in [5, 5.41) is 8.85. The highest BCUT2D eigenvalue weighted by atomic mass is 17.0. The lowest BCUT2D eigenvalue weighted by Crippen LogP contribution is -1.96. The zero-order valence-electron chi connectivity index (χ0n) is 6.58. The third-order valence-electron chi connectivity index (χ3n) is 0.870. The molecular weight excluding hydrogens is 150 g/mol. The Morgan fingerprint density at radius 2 is 2.00 bits per heavy atom. The molecule has 0 unspecified atom stereocenters. The van der Waals surface area contributed by atoms with Crippen LogP contribution in [0, 0.1) is 10.1 Å². The second-order valence-corrected chi connectivity index (χ2v) is 1.76. The van der Waals surface area contributed by atoms with Crippen LogP contribution in [0.2, 0.25) is 0 Å². The van der Waals surface area contributed by atoms with Gasteiger partial charge in [0.25, 0.3) is 5.09 Å². The van der Waals surface area contributed by atoms with Gasteiger partial charge in [-0.3, -0.25) is 4.84 Å². The molecule has 0 radical (unpaired) electrons. The van der Waals surface area contributed by atoms with Crippen LogP contribution in [-0.2, 0) is 9.57 Å². The van der Waals surface area contributed by atoms with Crippen LogP contribution in [0.4, 0.5) is 0 Å². The predicted octanol–water partition coefficient (Wildman–Crippen LogP) is 1.25. The van der Waals surface area contributed by atoms with Gasteiger partial charge in [-0.25, -0.2) is 0 Å². The highest BCUT2D eigenvalue weighted by Gasteiger charge is 1.94. The lowest BCUT2D eigenvalue weighted by atomic mass is 10.5. The van der Waals surface area contributed by atoms with Crippen LogP contribution in [-0.4, -0.2) is 12.2 Å². The molecule has 0 N–H and O–H groups in total. The molecule has 11 heavy (non-hydrogen) atoms. The van der Waals surface area contributed by atoms with Crippen molar-refractivity contribution in [3.8, 4) is 0 Å². The Hall–Kier alpha value is -1.48. The van der Waals surface area contributed by atoms with Crippen molar-refractivity contribution < 1.29 is 14.7 Å². The molecule has 0 rings (SSSR count). The first-order chi connectivity index (χ1) is 5.06. The zero-order valence-corrected chi connectivity index (χ0v) is 6.58. The van der Waals surface area contributed by atoms with Crippen LogP contribution in [0.15, 0.2) is 17.2 Å². The van der Waals surface area contributed by atoms with Crippen LogP contribution in [0.5, 0.6) is 0 Å². The van der Waals surface area contributed by atoms with Crippen molar-refractivity contribution in [2.24, 2.45) is 0 Å². The Morgan fingerprint density at radius 1 is 1.45 bits per heavy atom. The molecule has 0 saturated carbocycles. The molecule has 0 fully saturated rings. The number of allylic oxidation sites excluding steroid dienone is 1. The van der Waals surface area contributed by atoms with Gasteiger partial charge in [-0.05, 0) is 6.92 Å². The van der Waals surface area contributed by atoms with Gasteiger partial charge in [0.15, 0.2) is 0 Å². The van der Waals surface area contributed by atoms with E-state index in [0.717, 1.165) is 0 Å². The van der Waals surface area contributed by atoms with E-state index in [1.165, 1.54) is 14.0 Å². The topological polar surface area (TPSA) is 61.6 Å². The number of hydrogen-bond donors (Lipinski definition) is 0. The van der Waals surface area contributed by atoms with Crippen molar-refractivity contribution in [2.45, 2.75) is 13.8 Å². The summed E-state index contributed by atoms with van der Waals surface area (Å²) in [6.07, 6.45) is 0. The van der Waals surface area contributed by atoms with Crippen molar-refractivity contribution in [1.29, 1.82) is 0 Å². The molecule has 0 spiro atoms. The van der Waals surface area contributed by atoms with E-state index in [0.29, 0.717) is 5.76 Å². The molecule has 0 amide bonds. The summed E-state index contributed by atoms with van der Waals surface area (Å²) in [5.74, 6) is 0.499. The van der Waals surface area contributed by atoms with Crippen LogP contribution < -0.4 is 0 Å². The van der Waals surface area contributed by atoms with Gasteiger partial charge in [0.05, 0.1) is 7.11 Å². The number of methoxy groups -OCH3 is 1. The third-order valence-corrected chi connectivity index (χ3v) is 0.870. The maximum absolute atomic E-state index is 9.75. The monoisotopic (exact) mass is 159 g/mol. The van der Waals surface area contributed by atoms with Crippen LogP contribution >= 0.6 is 0 Å². The Bertz CT molecular complexity index is 215. The van der Waals surface area contributed by atoms with Crippen molar-refractivity contribution in [3.05, 3.63) is 27.4 Å². The van der Waals surface area contributed by atoms with Crippen molar-refractivity contribution >= 4 is 0 Å². The molecule has 0 atom stereocenters. The molecule has 0 aromatic rings. The number of hydrogen-bond acceptors (Lipinski definition) is 4. The SMILES string of the molecule is COC(C)=C=C(C)O[N+](=O)[O-]. The van der Waals surface area contributed by atoms with E-state index in [4.69, 9.17) is 0 Å². The first kappa shape index (κ1) is 9.52. The number of ether oxygens (including phenoxy) is 1. The molecule has 0 aromatic carbocycles. The zero-order chi connectivity index (χ0) is 8.85. The maximum Gasteiger partial charge on any atom is 0.300 e. The van der Waals surface area contributed by atoms with Gasteiger partial charge in [-0.2, -0.15) is 0 Å². The predicted molar refractivity (Wildman–Crippen MR) is 37.0 cm³/mol. The fourth-order valence-electron chi connectivity index (χ4n) is 0.434. The summed E-state index contributed by atoms with van der Waals surface area (Å²) in [4.78, 5) is 13.8. The Morgan fingerprint density at radius 3 is 2.36 bits per heavy atom. The van der Waals surface area contributed by atoms with Crippen molar-refractivity contribution in [1.82, 2.24) is 0 Å². The van der Waals surface area contributed by atoms with Gasteiger partial charge in [0.1, 0.15) is 11.5 Å². The normalized spacial score (nSPS) is 7.91. The summed E-state index contributed by atoms with van der Waals surface area (Å²) in [7, 11) is 1.45. The van der Waals surface area contributed by atoms with Crippen LogP contribution in [0.1, 0.15) is 13.8 Å². The Labute approximate surface area is 64.0 Å². The minimum Gasteiger partial charge on any atom is -0.493 e. The van der Waals surface area contributed by atoms with E-state index in [9.17, 15) is 10.1 Å². The highest BCUT2D eigenvalue weighted by molar-refractivity contribution is 4.93. The van der Waals surface area contributed by atoms with Crippen LogP contribution in [0.3, 0.4) is 0 Å². The van der Waals surface area contributed by atoms with E-state index in [1.807, 2.05) is 0 Å². The van der Waals surface area contributed by atoms with Gasteiger partial charge in [-0.15, -0.1) is 10.1 Å². The number of nitrogens with zero attached hydrogens (tertiary/aromatic N) is 1. The molecule has 5 nitrogen and oxygen atoms in total. The lowest BCUT2D eigenvalue weighted by molar-refractivity contribution is -0.742. The standard InChI is InChI=1S/C6H9NO4/c1-5(10-3)4-6(2)11-7(8)9/h1-3H3. The third kappa shape index (κ3) is 4.99. The first-order valence-corrected chi connectivity index (χ1v) is 2.86. The molecule has 62 valence electrons. The second kappa shape index (κ2) is 4.35. The van der Waals surface area contributed by atoms with E-state index >= 15 is 0 Å². The van der Waals surface area contributed by atoms with Crippen molar-refractivity contribution in [2.75, 3.05) is 7.11 Å². The molecule has 0 bridgehead atoms. The minimum atomic E-state index is -0.898. The smallest absolute Gasteiger partial charge is 0.300 e. The minimum absolute atomic E-state index is 0.0642.